The van der Waals surface area contributed by atoms with Gasteiger partial charge in [-0.25, -0.2) is 4.98 Å². The predicted molar refractivity (Wildman–Crippen MR) is 121 cm³/mol. The zero-order chi connectivity index (χ0) is 21.1. The zero-order valence-corrected chi connectivity index (χ0v) is 18.6. The van der Waals surface area contributed by atoms with Gasteiger partial charge in [-0.15, -0.1) is 21.5 Å². The summed E-state index contributed by atoms with van der Waals surface area (Å²) in [5, 5.41) is 16.9. The van der Waals surface area contributed by atoms with E-state index in [9.17, 15) is 4.79 Å². The molecule has 0 aliphatic heterocycles. The SMILES string of the molecule is CC(C)c1nc(C(C)NC(=O)CSc2nnc(-c3ccc4ccccc4c3)o2)cs1. The van der Waals surface area contributed by atoms with Gasteiger partial charge in [0.05, 0.1) is 22.5 Å². The zero-order valence-electron chi connectivity index (χ0n) is 17.0. The maximum atomic E-state index is 12.3. The summed E-state index contributed by atoms with van der Waals surface area (Å²) < 4.78 is 5.74. The molecule has 1 N–H and O–H groups in total. The summed E-state index contributed by atoms with van der Waals surface area (Å²) in [6.07, 6.45) is 0. The second-order valence-corrected chi connectivity index (χ2v) is 9.09. The van der Waals surface area contributed by atoms with Crippen LogP contribution >= 0.6 is 23.1 Å². The monoisotopic (exact) mass is 438 g/mol. The molecule has 1 amide bonds. The fourth-order valence-electron chi connectivity index (χ4n) is 2.96. The second-order valence-electron chi connectivity index (χ2n) is 7.28. The van der Waals surface area contributed by atoms with Gasteiger partial charge in [-0.3, -0.25) is 4.79 Å². The molecule has 0 fully saturated rings. The van der Waals surface area contributed by atoms with E-state index in [1.807, 2.05) is 48.7 Å². The largest absolute Gasteiger partial charge is 0.411 e. The number of carbonyl (C=O) groups excluding carboxylic acids is 1. The highest BCUT2D eigenvalue weighted by Crippen LogP contribution is 2.27. The van der Waals surface area contributed by atoms with Gasteiger partial charge < -0.3 is 9.73 Å². The number of hydrogen-bond donors (Lipinski definition) is 1. The summed E-state index contributed by atoms with van der Waals surface area (Å²) >= 11 is 2.85. The van der Waals surface area contributed by atoms with Crippen LogP contribution in [-0.4, -0.2) is 26.8 Å². The number of thioether (sulfide) groups is 1. The molecule has 4 rings (SSSR count). The number of fused-ring (bicyclic) bond motifs is 1. The van der Waals surface area contributed by atoms with Crippen molar-refractivity contribution in [1.29, 1.82) is 0 Å². The van der Waals surface area contributed by atoms with E-state index >= 15 is 0 Å². The normalized spacial score (nSPS) is 12.4. The number of aromatic nitrogens is 3. The molecule has 0 aliphatic rings. The van der Waals surface area contributed by atoms with Crippen LogP contribution in [0.25, 0.3) is 22.2 Å². The molecule has 2 aromatic carbocycles. The lowest BCUT2D eigenvalue weighted by molar-refractivity contribution is -0.119. The first kappa shape index (κ1) is 20.6. The van der Waals surface area contributed by atoms with Crippen molar-refractivity contribution in [3.05, 3.63) is 58.5 Å². The fraction of sp³-hybridized carbons (Fsp3) is 0.273. The van der Waals surface area contributed by atoms with Gasteiger partial charge in [-0.1, -0.05) is 55.9 Å². The van der Waals surface area contributed by atoms with Crippen molar-refractivity contribution >= 4 is 39.8 Å². The molecular formula is C22H22N4O2S2. The third-order valence-corrected chi connectivity index (χ3v) is 6.57. The lowest BCUT2D eigenvalue weighted by Gasteiger charge is -2.11. The average Bonchev–Trinajstić information content (AvgIpc) is 3.42. The number of carbonyl (C=O) groups is 1. The summed E-state index contributed by atoms with van der Waals surface area (Å²) in [6, 6.07) is 14.0. The van der Waals surface area contributed by atoms with Crippen LogP contribution in [0.2, 0.25) is 0 Å². The standard InChI is InChI=1S/C22H22N4O2S2/c1-13(2)21-24-18(11-29-21)14(3)23-19(27)12-30-22-26-25-20(28-22)17-9-8-15-6-4-5-7-16(15)10-17/h4-11,13-14H,12H2,1-3H3,(H,23,27). The van der Waals surface area contributed by atoms with Crippen LogP contribution in [0.4, 0.5) is 0 Å². The van der Waals surface area contributed by atoms with Gasteiger partial charge in [0.25, 0.3) is 5.22 Å². The van der Waals surface area contributed by atoms with Crippen molar-refractivity contribution in [2.45, 2.75) is 38.0 Å². The van der Waals surface area contributed by atoms with Crippen LogP contribution in [0, 0.1) is 0 Å². The lowest BCUT2D eigenvalue weighted by Crippen LogP contribution is -2.28. The number of thiazole rings is 1. The van der Waals surface area contributed by atoms with Gasteiger partial charge >= 0.3 is 0 Å². The Morgan fingerprint density at radius 1 is 1.13 bits per heavy atom. The molecule has 30 heavy (non-hydrogen) atoms. The topological polar surface area (TPSA) is 80.9 Å². The third kappa shape index (κ3) is 4.71. The van der Waals surface area contributed by atoms with Gasteiger partial charge in [0.15, 0.2) is 0 Å². The number of hydrogen-bond acceptors (Lipinski definition) is 7. The Labute approximate surface area is 183 Å². The van der Waals surface area contributed by atoms with Crippen LogP contribution in [0.3, 0.4) is 0 Å². The minimum atomic E-state index is -0.141. The molecule has 1 atom stereocenters. The van der Waals surface area contributed by atoms with Crippen molar-refractivity contribution in [2.24, 2.45) is 0 Å². The first-order chi connectivity index (χ1) is 14.5. The Kier molecular flexibility index (Phi) is 6.15. The smallest absolute Gasteiger partial charge is 0.277 e. The van der Waals surface area contributed by atoms with Crippen LogP contribution in [0.5, 0.6) is 0 Å². The van der Waals surface area contributed by atoms with E-state index in [4.69, 9.17) is 4.42 Å². The van der Waals surface area contributed by atoms with Crippen LogP contribution in [-0.2, 0) is 4.79 Å². The minimum Gasteiger partial charge on any atom is -0.411 e. The van der Waals surface area contributed by atoms with E-state index in [0.29, 0.717) is 17.0 Å². The maximum absolute atomic E-state index is 12.3. The lowest BCUT2D eigenvalue weighted by atomic mass is 10.1. The van der Waals surface area contributed by atoms with Crippen molar-refractivity contribution < 1.29 is 9.21 Å². The summed E-state index contributed by atoms with van der Waals surface area (Å²) in [5.41, 5.74) is 1.74. The summed E-state index contributed by atoms with van der Waals surface area (Å²) in [7, 11) is 0. The molecule has 154 valence electrons. The molecule has 0 saturated carbocycles. The molecule has 0 bridgehead atoms. The average molecular weight is 439 g/mol. The Morgan fingerprint density at radius 3 is 2.70 bits per heavy atom. The van der Waals surface area contributed by atoms with Crippen molar-refractivity contribution in [3.63, 3.8) is 0 Å². The molecule has 0 saturated heterocycles. The van der Waals surface area contributed by atoms with E-state index in [2.05, 4.69) is 40.4 Å². The molecule has 0 radical (unpaired) electrons. The number of nitrogens with zero attached hydrogens (tertiary/aromatic N) is 3. The number of amides is 1. The highest BCUT2D eigenvalue weighted by Gasteiger charge is 2.16. The maximum Gasteiger partial charge on any atom is 0.277 e. The molecule has 2 heterocycles. The Morgan fingerprint density at radius 2 is 1.93 bits per heavy atom. The number of benzene rings is 2. The van der Waals surface area contributed by atoms with E-state index < -0.39 is 0 Å². The summed E-state index contributed by atoms with van der Waals surface area (Å²) in [5.74, 6) is 0.930. The molecule has 4 aromatic rings. The van der Waals surface area contributed by atoms with E-state index in [1.54, 1.807) is 11.3 Å². The second kappa shape index (κ2) is 8.97. The van der Waals surface area contributed by atoms with E-state index in [0.717, 1.165) is 27.0 Å². The number of rotatable bonds is 7. The van der Waals surface area contributed by atoms with Gasteiger partial charge in [-0.05, 0) is 29.8 Å². The van der Waals surface area contributed by atoms with Crippen molar-refractivity contribution in [2.75, 3.05) is 5.75 Å². The van der Waals surface area contributed by atoms with Gasteiger partial charge in [-0.2, -0.15) is 0 Å². The molecule has 8 heteroatoms. The Balaban J connectivity index is 1.34. The fourth-order valence-corrected chi connectivity index (χ4v) is 4.46. The van der Waals surface area contributed by atoms with E-state index in [-0.39, 0.29) is 17.7 Å². The van der Waals surface area contributed by atoms with Gasteiger partial charge in [0, 0.05) is 16.9 Å². The Hall–Kier alpha value is -2.71. The van der Waals surface area contributed by atoms with Gasteiger partial charge in [0.1, 0.15) is 0 Å². The first-order valence-electron chi connectivity index (χ1n) is 9.70. The highest BCUT2D eigenvalue weighted by atomic mass is 32.2. The molecule has 1 unspecified atom stereocenters. The number of nitrogens with one attached hydrogen (secondary N) is 1. The Bertz CT molecular complexity index is 1170. The van der Waals surface area contributed by atoms with Crippen LogP contribution in [0.1, 0.15) is 43.4 Å². The van der Waals surface area contributed by atoms with Crippen LogP contribution in [0.15, 0.2) is 57.5 Å². The molecule has 0 aliphatic carbocycles. The third-order valence-electron chi connectivity index (χ3n) is 4.58. The summed E-state index contributed by atoms with van der Waals surface area (Å²) in [4.78, 5) is 16.9. The highest BCUT2D eigenvalue weighted by molar-refractivity contribution is 7.99. The first-order valence-corrected chi connectivity index (χ1v) is 11.6. The molecule has 6 nitrogen and oxygen atoms in total. The predicted octanol–water partition coefficient (Wildman–Crippen LogP) is 5.44. The quantitative estimate of drug-likeness (QED) is 0.387. The summed E-state index contributed by atoms with van der Waals surface area (Å²) in [6.45, 7) is 6.16. The van der Waals surface area contributed by atoms with Crippen LogP contribution < -0.4 is 5.32 Å². The van der Waals surface area contributed by atoms with Gasteiger partial charge in [0.2, 0.25) is 11.8 Å². The molecular weight excluding hydrogens is 416 g/mol. The van der Waals surface area contributed by atoms with E-state index in [1.165, 1.54) is 11.8 Å². The molecule has 0 spiro atoms. The van der Waals surface area contributed by atoms with Crippen molar-refractivity contribution in [3.8, 4) is 11.5 Å². The minimum absolute atomic E-state index is 0.1000. The van der Waals surface area contributed by atoms with Crippen molar-refractivity contribution in [1.82, 2.24) is 20.5 Å². The molecule has 2 aromatic heterocycles.